The molecule has 15 heavy (non-hydrogen) atoms. The van der Waals surface area contributed by atoms with Gasteiger partial charge in [-0.05, 0) is 30.9 Å². The Morgan fingerprint density at radius 2 is 2.00 bits per heavy atom. The standard InChI is InChI=1S/C12H17BrFN/c1-8(2)3-6-12(15)10-5-4-9(13)7-11(10)14/h4-5,7-8,12H,3,6,15H2,1-2H3. The Bertz CT molecular complexity index is 325. The summed E-state index contributed by atoms with van der Waals surface area (Å²) in [6.45, 7) is 4.29. The van der Waals surface area contributed by atoms with Gasteiger partial charge >= 0.3 is 0 Å². The highest BCUT2D eigenvalue weighted by atomic mass is 79.9. The van der Waals surface area contributed by atoms with E-state index in [1.54, 1.807) is 6.07 Å². The average Bonchev–Trinajstić information content (AvgIpc) is 2.14. The lowest BCUT2D eigenvalue weighted by molar-refractivity contribution is 0.491. The van der Waals surface area contributed by atoms with E-state index in [1.807, 2.05) is 6.07 Å². The van der Waals surface area contributed by atoms with E-state index in [4.69, 9.17) is 5.73 Å². The lowest BCUT2D eigenvalue weighted by atomic mass is 9.98. The molecule has 0 heterocycles. The highest BCUT2D eigenvalue weighted by Crippen LogP contribution is 2.23. The van der Waals surface area contributed by atoms with Crippen molar-refractivity contribution in [1.29, 1.82) is 0 Å². The molecule has 0 amide bonds. The predicted octanol–water partition coefficient (Wildman–Crippen LogP) is 4.02. The van der Waals surface area contributed by atoms with Crippen LogP contribution in [0.3, 0.4) is 0 Å². The highest BCUT2D eigenvalue weighted by molar-refractivity contribution is 9.10. The monoisotopic (exact) mass is 273 g/mol. The van der Waals surface area contributed by atoms with Crippen molar-refractivity contribution >= 4 is 15.9 Å². The van der Waals surface area contributed by atoms with Crippen LogP contribution in [0.4, 0.5) is 4.39 Å². The van der Waals surface area contributed by atoms with Gasteiger partial charge in [0.2, 0.25) is 0 Å². The summed E-state index contributed by atoms with van der Waals surface area (Å²) in [6.07, 6.45) is 1.85. The maximum absolute atomic E-state index is 13.5. The Balaban J connectivity index is 2.69. The molecule has 3 heteroatoms. The molecule has 1 nitrogen and oxygen atoms in total. The molecule has 0 spiro atoms. The molecule has 0 aliphatic carbocycles. The zero-order valence-electron chi connectivity index (χ0n) is 9.13. The van der Waals surface area contributed by atoms with E-state index in [0.717, 1.165) is 17.3 Å². The predicted molar refractivity (Wildman–Crippen MR) is 65.1 cm³/mol. The zero-order valence-corrected chi connectivity index (χ0v) is 10.7. The van der Waals surface area contributed by atoms with Gasteiger partial charge in [0.05, 0.1) is 0 Å². The minimum atomic E-state index is -0.222. The fourth-order valence-corrected chi connectivity index (χ4v) is 1.80. The molecule has 84 valence electrons. The van der Waals surface area contributed by atoms with Crippen LogP contribution < -0.4 is 5.73 Å². The molecule has 0 fully saturated rings. The van der Waals surface area contributed by atoms with Crippen molar-refractivity contribution in [2.45, 2.75) is 32.7 Å². The van der Waals surface area contributed by atoms with Crippen LogP contribution in [0.5, 0.6) is 0 Å². The van der Waals surface area contributed by atoms with Crippen LogP contribution >= 0.6 is 15.9 Å². The van der Waals surface area contributed by atoms with E-state index in [0.29, 0.717) is 11.5 Å². The minimum absolute atomic E-state index is 0.194. The molecule has 0 radical (unpaired) electrons. The third-order valence-electron chi connectivity index (χ3n) is 2.42. The maximum Gasteiger partial charge on any atom is 0.129 e. The van der Waals surface area contributed by atoms with Crippen molar-refractivity contribution < 1.29 is 4.39 Å². The Labute approximate surface area is 99.0 Å². The third-order valence-corrected chi connectivity index (χ3v) is 2.91. The molecule has 1 rings (SSSR count). The number of hydrogen-bond donors (Lipinski definition) is 1. The van der Waals surface area contributed by atoms with Crippen molar-refractivity contribution in [3.05, 3.63) is 34.1 Å². The largest absolute Gasteiger partial charge is 0.324 e. The Hall–Kier alpha value is -0.410. The average molecular weight is 274 g/mol. The molecule has 0 saturated heterocycles. The lowest BCUT2D eigenvalue weighted by Gasteiger charge is -2.14. The van der Waals surface area contributed by atoms with Crippen LogP contribution in [-0.2, 0) is 0 Å². The van der Waals surface area contributed by atoms with Crippen LogP contribution in [0, 0.1) is 11.7 Å². The van der Waals surface area contributed by atoms with Gasteiger partial charge in [-0.3, -0.25) is 0 Å². The fraction of sp³-hybridized carbons (Fsp3) is 0.500. The minimum Gasteiger partial charge on any atom is -0.324 e. The molecule has 2 N–H and O–H groups in total. The third kappa shape index (κ3) is 3.92. The van der Waals surface area contributed by atoms with Gasteiger partial charge in [0, 0.05) is 16.1 Å². The van der Waals surface area contributed by atoms with E-state index in [9.17, 15) is 4.39 Å². The summed E-state index contributed by atoms with van der Waals surface area (Å²) in [7, 11) is 0. The Morgan fingerprint density at radius 3 is 2.53 bits per heavy atom. The second-order valence-electron chi connectivity index (χ2n) is 4.24. The van der Waals surface area contributed by atoms with E-state index >= 15 is 0 Å². The summed E-state index contributed by atoms with van der Waals surface area (Å²) in [5, 5.41) is 0. The fourth-order valence-electron chi connectivity index (χ4n) is 1.47. The first-order chi connectivity index (χ1) is 7.00. The van der Waals surface area contributed by atoms with Gasteiger partial charge in [-0.1, -0.05) is 35.8 Å². The van der Waals surface area contributed by atoms with Gasteiger partial charge in [0.25, 0.3) is 0 Å². The highest BCUT2D eigenvalue weighted by Gasteiger charge is 2.11. The molecular formula is C12H17BrFN. The second-order valence-corrected chi connectivity index (χ2v) is 5.16. The topological polar surface area (TPSA) is 26.0 Å². The molecular weight excluding hydrogens is 257 g/mol. The Morgan fingerprint density at radius 1 is 1.33 bits per heavy atom. The van der Waals surface area contributed by atoms with Gasteiger partial charge < -0.3 is 5.73 Å². The molecule has 1 atom stereocenters. The summed E-state index contributed by atoms with van der Waals surface area (Å²) in [6, 6.07) is 4.85. The van der Waals surface area contributed by atoms with Gasteiger partial charge in [-0.25, -0.2) is 4.39 Å². The molecule has 1 aromatic rings. The number of benzene rings is 1. The van der Waals surface area contributed by atoms with Crippen LogP contribution in [-0.4, -0.2) is 0 Å². The van der Waals surface area contributed by atoms with E-state index in [-0.39, 0.29) is 11.9 Å². The van der Waals surface area contributed by atoms with Crippen molar-refractivity contribution in [3.63, 3.8) is 0 Å². The van der Waals surface area contributed by atoms with Gasteiger partial charge in [0.1, 0.15) is 5.82 Å². The number of halogens is 2. The molecule has 0 saturated carbocycles. The molecule has 0 aliphatic rings. The summed E-state index contributed by atoms with van der Waals surface area (Å²) in [5.41, 5.74) is 6.55. The van der Waals surface area contributed by atoms with Gasteiger partial charge in [0.15, 0.2) is 0 Å². The van der Waals surface area contributed by atoms with Gasteiger partial charge in [-0.2, -0.15) is 0 Å². The smallest absolute Gasteiger partial charge is 0.129 e. The first-order valence-electron chi connectivity index (χ1n) is 5.21. The maximum atomic E-state index is 13.5. The lowest BCUT2D eigenvalue weighted by Crippen LogP contribution is -2.13. The van der Waals surface area contributed by atoms with E-state index in [2.05, 4.69) is 29.8 Å². The van der Waals surface area contributed by atoms with Crippen molar-refractivity contribution in [2.24, 2.45) is 11.7 Å². The Kier molecular flexibility index (Phi) is 4.74. The number of nitrogens with two attached hydrogens (primary N) is 1. The van der Waals surface area contributed by atoms with Crippen LogP contribution in [0.15, 0.2) is 22.7 Å². The molecule has 1 unspecified atom stereocenters. The summed E-state index contributed by atoms with van der Waals surface area (Å²) in [4.78, 5) is 0. The normalized spacial score (nSPS) is 13.2. The van der Waals surface area contributed by atoms with E-state index < -0.39 is 0 Å². The second kappa shape index (κ2) is 5.61. The van der Waals surface area contributed by atoms with Crippen molar-refractivity contribution in [2.75, 3.05) is 0 Å². The molecule has 1 aromatic carbocycles. The number of rotatable bonds is 4. The summed E-state index contributed by atoms with van der Waals surface area (Å²) in [5.74, 6) is 0.384. The van der Waals surface area contributed by atoms with Gasteiger partial charge in [-0.15, -0.1) is 0 Å². The van der Waals surface area contributed by atoms with Crippen LogP contribution in [0.25, 0.3) is 0 Å². The first kappa shape index (κ1) is 12.7. The SMILES string of the molecule is CC(C)CCC(N)c1ccc(Br)cc1F. The van der Waals surface area contributed by atoms with Crippen molar-refractivity contribution in [3.8, 4) is 0 Å². The molecule has 0 aromatic heterocycles. The molecule has 0 bridgehead atoms. The van der Waals surface area contributed by atoms with Crippen LogP contribution in [0.2, 0.25) is 0 Å². The van der Waals surface area contributed by atoms with Crippen LogP contribution in [0.1, 0.15) is 38.3 Å². The first-order valence-corrected chi connectivity index (χ1v) is 6.00. The van der Waals surface area contributed by atoms with Crippen molar-refractivity contribution in [1.82, 2.24) is 0 Å². The molecule has 0 aliphatic heterocycles. The summed E-state index contributed by atoms with van der Waals surface area (Å²) < 4.78 is 14.3. The quantitative estimate of drug-likeness (QED) is 0.881. The van der Waals surface area contributed by atoms with E-state index in [1.165, 1.54) is 6.07 Å². The summed E-state index contributed by atoms with van der Waals surface area (Å²) >= 11 is 3.23. The zero-order chi connectivity index (χ0) is 11.4. The number of hydrogen-bond acceptors (Lipinski definition) is 1.